The van der Waals surface area contributed by atoms with Crippen molar-refractivity contribution < 1.29 is 18.0 Å². The van der Waals surface area contributed by atoms with Gasteiger partial charge in [-0.2, -0.15) is 0 Å². The van der Waals surface area contributed by atoms with Crippen LogP contribution in [0.15, 0.2) is 88.2 Å². The number of amides is 2. The van der Waals surface area contributed by atoms with Crippen molar-refractivity contribution in [3.05, 3.63) is 94.5 Å². The van der Waals surface area contributed by atoms with Crippen LogP contribution in [-0.4, -0.2) is 43.8 Å². The van der Waals surface area contributed by atoms with Crippen LogP contribution in [0.25, 0.3) is 0 Å². The van der Waals surface area contributed by atoms with Crippen molar-refractivity contribution in [3.63, 3.8) is 0 Å². The molecule has 7 nitrogen and oxygen atoms in total. The first-order chi connectivity index (χ1) is 18.9. The smallest absolute Gasteiger partial charge is 0.264 e. The van der Waals surface area contributed by atoms with E-state index >= 15 is 0 Å². The molecule has 9 heteroatoms. The van der Waals surface area contributed by atoms with E-state index in [0.717, 1.165) is 26.3 Å². The monoisotopic (exact) mass is 627 g/mol. The van der Waals surface area contributed by atoms with Gasteiger partial charge in [0.2, 0.25) is 11.8 Å². The van der Waals surface area contributed by atoms with Crippen molar-refractivity contribution in [2.75, 3.05) is 10.8 Å². The Hall–Kier alpha value is -3.17. The molecule has 0 saturated heterocycles. The average molecular weight is 629 g/mol. The standard InChI is InChI=1S/C31H38BrN3O4S/c1-6-23(4)33-31(37)24(5)34(20-25-11-10-12-27(32)19-25)30(36)21-35(28-17-15-26(16-18-28)22(2)3)40(38,39)29-13-8-7-9-14-29/h7-19,22-24H,6,20-21H2,1-5H3,(H,33,37). The van der Waals surface area contributed by atoms with E-state index in [9.17, 15) is 18.0 Å². The summed E-state index contributed by atoms with van der Waals surface area (Å²) in [5.41, 5.74) is 2.24. The first-order valence-electron chi connectivity index (χ1n) is 13.5. The van der Waals surface area contributed by atoms with Crippen LogP contribution >= 0.6 is 15.9 Å². The SMILES string of the molecule is CCC(C)NC(=O)C(C)N(Cc1cccc(Br)c1)C(=O)CN(c1ccc(C(C)C)cc1)S(=O)(=O)c1ccccc1. The summed E-state index contributed by atoms with van der Waals surface area (Å²) < 4.78 is 29.7. The fraction of sp³-hybridized carbons (Fsp3) is 0.355. The second-order valence-electron chi connectivity index (χ2n) is 10.2. The second-order valence-corrected chi connectivity index (χ2v) is 13.0. The summed E-state index contributed by atoms with van der Waals surface area (Å²) in [4.78, 5) is 28.7. The molecule has 3 aromatic carbocycles. The largest absolute Gasteiger partial charge is 0.352 e. The fourth-order valence-corrected chi connectivity index (χ4v) is 6.04. The van der Waals surface area contributed by atoms with E-state index < -0.39 is 28.5 Å². The molecule has 0 bridgehead atoms. The summed E-state index contributed by atoms with van der Waals surface area (Å²) in [6.07, 6.45) is 0.744. The van der Waals surface area contributed by atoms with Crippen LogP contribution in [0.5, 0.6) is 0 Å². The lowest BCUT2D eigenvalue weighted by Gasteiger charge is -2.32. The number of hydrogen-bond acceptors (Lipinski definition) is 4. The number of hydrogen-bond donors (Lipinski definition) is 1. The van der Waals surface area contributed by atoms with Gasteiger partial charge in [-0.15, -0.1) is 0 Å². The van der Waals surface area contributed by atoms with Crippen molar-refractivity contribution in [2.24, 2.45) is 0 Å². The lowest BCUT2D eigenvalue weighted by Crippen LogP contribution is -2.52. The van der Waals surface area contributed by atoms with Gasteiger partial charge in [0.15, 0.2) is 0 Å². The third-order valence-electron chi connectivity index (χ3n) is 6.87. The highest BCUT2D eigenvalue weighted by Gasteiger charge is 2.32. The maximum absolute atomic E-state index is 14.0. The molecular formula is C31H38BrN3O4S. The zero-order valence-corrected chi connectivity index (χ0v) is 26.1. The molecule has 0 aliphatic carbocycles. The molecule has 0 radical (unpaired) electrons. The summed E-state index contributed by atoms with van der Waals surface area (Å²) in [5.74, 6) is -0.518. The number of carbonyl (C=O) groups is 2. The first-order valence-corrected chi connectivity index (χ1v) is 15.7. The van der Waals surface area contributed by atoms with Gasteiger partial charge in [0.05, 0.1) is 10.6 Å². The van der Waals surface area contributed by atoms with Gasteiger partial charge in [-0.3, -0.25) is 13.9 Å². The second kappa shape index (κ2) is 13.9. The van der Waals surface area contributed by atoms with Crippen LogP contribution < -0.4 is 9.62 Å². The molecule has 2 atom stereocenters. The molecule has 0 heterocycles. The Kier molecular flexibility index (Phi) is 10.9. The molecule has 0 fully saturated rings. The highest BCUT2D eigenvalue weighted by atomic mass is 79.9. The maximum Gasteiger partial charge on any atom is 0.264 e. The lowest BCUT2D eigenvalue weighted by atomic mass is 10.0. The van der Waals surface area contributed by atoms with Crippen molar-refractivity contribution in [1.29, 1.82) is 0 Å². The average Bonchev–Trinajstić information content (AvgIpc) is 2.94. The van der Waals surface area contributed by atoms with Gasteiger partial charge in [-0.05, 0) is 73.7 Å². The summed E-state index contributed by atoms with van der Waals surface area (Å²) in [6, 6.07) is 21.8. The van der Waals surface area contributed by atoms with E-state index in [1.165, 1.54) is 17.0 Å². The molecule has 3 rings (SSSR count). The van der Waals surface area contributed by atoms with E-state index in [2.05, 4.69) is 35.1 Å². The number of anilines is 1. The van der Waals surface area contributed by atoms with Gasteiger partial charge in [0, 0.05) is 17.1 Å². The molecule has 1 N–H and O–H groups in total. The number of halogens is 1. The predicted molar refractivity (Wildman–Crippen MR) is 164 cm³/mol. The molecular weight excluding hydrogens is 590 g/mol. The quantitative estimate of drug-likeness (QED) is 0.263. The predicted octanol–water partition coefficient (Wildman–Crippen LogP) is 6.10. The van der Waals surface area contributed by atoms with Gasteiger partial charge in [-0.1, -0.05) is 79.2 Å². The molecule has 0 aromatic heterocycles. The number of benzene rings is 3. The first kappa shape index (κ1) is 31.4. The Morgan fingerprint density at radius 2 is 1.55 bits per heavy atom. The molecule has 40 heavy (non-hydrogen) atoms. The molecule has 0 saturated carbocycles. The Morgan fingerprint density at radius 1 is 0.900 bits per heavy atom. The van der Waals surface area contributed by atoms with Crippen LogP contribution in [0, 0.1) is 0 Å². The molecule has 2 unspecified atom stereocenters. The number of nitrogens with one attached hydrogen (secondary N) is 1. The minimum absolute atomic E-state index is 0.0628. The molecule has 3 aromatic rings. The maximum atomic E-state index is 14.0. The third-order valence-corrected chi connectivity index (χ3v) is 9.15. The summed E-state index contributed by atoms with van der Waals surface area (Å²) >= 11 is 3.47. The van der Waals surface area contributed by atoms with E-state index in [1.807, 2.05) is 50.2 Å². The Morgan fingerprint density at radius 3 is 2.12 bits per heavy atom. The Labute approximate surface area is 246 Å². The van der Waals surface area contributed by atoms with Gasteiger partial charge < -0.3 is 10.2 Å². The molecule has 0 aliphatic rings. The zero-order chi connectivity index (χ0) is 29.4. The number of rotatable bonds is 12. The van der Waals surface area contributed by atoms with Gasteiger partial charge in [-0.25, -0.2) is 8.42 Å². The van der Waals surface area contributed by atoms with Gasteiger partial charge >= 0.3 is 0 Å². The zero-order valence-electron chi connectivity index (χ0n) is 23.7. The Bertz CT molecular complexity index is 1400. The highest BCUT2D eigenvalue weighted by Crippen LogP contribution is 2.27. The minimum Gasteiger partial charge on any atom is -0.352 e. The summed E-state index contributed by atoms with van der Waals surface area (Å²) in [6.45, 7) is 9.33. The van der Waals surface area contributed by atoms with Gasteiger partial charge in [0.25, 0.3) is 10.0 Å². The van der Waals surface area contributed by atoms with Crippen molar-refractivity contribution in [2.45, 2.75) is 70.5 Å². The van der Waals surface area contributed by atoms with Gasteiger partial charge in [0.1, 0.15) is 12.6 Å². The van der Waals surface area contributed by atoms with Crippen molar-refractivity contribution in [1.82, 2.24) is 10.2 Å². The van der Waals surface area contributed by atoms with E-state index in [-0.39, 0.29) is 29.3 Å². The van der Waals surface area contributed by atoms with Crippen LogP contribution in [0.1, 0.15) is 58.1 Å². The molecule has 2 amide bonds. The molecule has 0 spiro atoms. The third kappa shape index (κ3) is 7.95. The topological polar surface area (TPSA) is 86.8 Å². The number of carbonyl (C=O) groups excluding carboxylic acids is 2. The molecule has 214 valence electrons. The van der Waals surface area contributed by atoms with Crippen molar-refractivity contribution in [3.8, 4) is 0 Å². The minimum atomic E-state index is -4.09. The van der Waals surface area contributed by atoms with Crippen LogP contribution in [0.2, 0.25) is 0 Å². The number of nitrogens with zero attached hydrogens (tertiary/aromatic N) is 2. The Balaban J connectivity index is 2.03. The summed E-state index contributed by atoms with van der Waals surface area (Å²) in [5, 5.41) is 2.95. The normalized spacial score (nSPS) is 13.0. The highest BCUT2D eigenvalue weighted by molar-refractivity contribution is 9.10. The van der Waals surface area contributed by atoms with Crippen LogP contribution in [-0.2, 0) is 26.2 Å². The fourth-order valence-electron chi connectivity index (χ4n) is 4.15. The lowest BCUT2D eigenvalue weighted by molar-refractivity contribution is -0.139. The summed E-state index contributed by atoms with van der Waals surface area (Å²) in [7, 11) is -4.09. The van der Waals surface area contributed by atoms with E-state index in [0.29, 0.717) is 5.69 Å². The number of sulfonamides is 1. The van der Waals surface area contributed by atoms with Crippen LogP contribution in [0.3, 0.4) is 0 Å². The van der Waals surface area contributed by atoms with E-state index in [4.69, 9.17) is 0 Å². The van der Waals surface area contributed by atoms with Crippen LogP contribution in [0.4, 0.5) is 5.69 Å². The van der Waals surface area contributed by atoms with Crippen molar-refractivity contribution >= 4 is 43.5 Å². The van der Waals surface area contributed by atoms with E-state index in [1.54, 1.807) is 37.3 Å². The molecule has 0 aliphatic heterocycles.